The molecule has 0 amide bonds. The van der Waals surface area contributed by atoms with Crippen molar-refractivity contribution in [3.8, 4) is 0 Å². The summed E-state index contributed by atoms with van der Waals surface area (Å²) in [4.78, 5) is 30.1. The van der Waals surface area contributed by atoms with Gasteiger partial charge in [-0.05, 0) is 44.8 Å². The van der Waals surface area contributed by atoms with E-state index in [1.807, 2.05) is 43.4 Å². The van der Waals surface area contributed by atoms with Crippen molar-refractivity contribution in [2.24, 2.45) is 5.92 Å². The predicted molar refractivity (Wildman–Crippen MR) is 120 cm³/mol. The molecule has 0 aromatic carbocycles. The fourth-order valence-electron chi connectivity index (χ4n) is 3.22. The number of carbonyl (C=O) groups excluding carboxylic acids is 2. The van der Waals surface area contributed by atoms with Crippen LogP contribution in [0.25, 0.3) is 0 Å². The highest BCUT2D eigenvalue weighted by molar-refractivity contribution is 8.03. The Hall–Kier alpha value is -0.340. The minimum atomic E-state index is -0.284. The fraction of sp³-hybridized carbons (Fsp3) is 0.810. The smallest absolute Gasteiger partial charge is 0.174 e. The zero-order chi connectivity index (χ0) is 20.8. The summed E-state index contributed by atoms with van der Waals surface area (Å²) in [6.45, 7) is 9.39. The number of hydroxylamine groups is 1. The van der Waals surface area contributed by atoms with Gasteiger partial charge in [0.2, 0.25) is 0 Å². The molecule has 0 spiro atoms. The molecule has 5 nitrogen and oxygen atoms in total. The van der Waals surface area contributed by atoms with Crippen molar-refractivity contribution >= 4 is 35.1 Å². The Morgan fingerprint density at radius 2 is 1.89 bits per heavy atom. The quantitative estimate of drug-likeness (QED) is 0.135. The maximum atomic E-state index is 12.4. The first-order valence-corrected chi connectivity index (χ1v) is 12.6. The van der Waals surface area contributed by atoms with Gasteiger partial charge in [-0.3, -0.25) is 14.4 Å². The van der Waals surface area contributed by atoms with E-state index in [1.165, 1.54) is 5.75 Å². The van der Waals surface area contributed by atoms with Gasteiger partial charge in [0.25, 0.3) is 0 Å². The highest BCUT2D eigenvalue weighted by atomic mass is 32.2. The Balaban J connectivity index is 2.28. The van der Waals surface area contributed by atoms with E-state index in [0.29, 0.717) is 43.2 Å². The van der Waals surface area contributed by atoms with Crippen molar-refractivity contribution in [2.75, 3.05) is 30.4 Å². The van der Waals surface area contributed by atoms with E-state index in [-0.39, 0.29) is 23.8 Å². The number of nitrogens with one attached hydrogen (secondary N) is 1. The summed E-state index contributed by atoms with van der Waals surface area (Å²) in [6.07, 6.45) is 5.00. The van der Waals surface area contributed by atoms with Crippen molar-refractivity contribution in [3.05, 3.63) is 11.6 Å². The lowest BCUT2D eigenvalue weighted by molar-refractivity contribution is -0.166. The lowest BCUT2D eigenvalue weighted by atomic mass is 9.81. The molecular weight excluding hydrogens is 394 g/mol. The Bertz CT molecular complexity index is 479. The molecular formula is C21H37NO4S2. The van der Waals surface area contributed by atoms with E-state index in [4.69, 9.17) is 9.57 Å². The molecule has 162 valence electrons. The van der Waals surface area contributed by atoms with E-state index < -0.39 is 0 Å². The summed E-state index contributed by atoms with van der Waals surface area (Å²) in [6, 6.07) is 0. The molecule has 2 unspecified atom stereocenters. The third-order valence-electron chi connectivity index (χ3n) is 4.53. The molecule has 0 radical (unpaired) electrons. The second-order valence-electron chi connectivity index (χ2n) is 7.03. The van der Waals surface area contributed by atoms with Crippen LogP contribution in [0.1, 0.15) is 59.8 Å². The highest BCUT2D eigenvalue weighted by Crippen LogP contribution is 2.30. The van der Waals surface area contributed by atoms with Gasteiger partial charge in [0, 0.05) is 42.7 Å². The number of rotatable bonds is 15. The molecule has 7 heteroatoms. The molecule has 0 heterocycles. The summed E-state index contributed by atoms with van der Waals surface area (Å²) < 4.78 is 5.25. The predicted octanol–water partition coefficient (Wildman–Crippen LogP) is 4.41. The first kappa shape index (κ1) is 25.7. The fourth-order valence-corrected chi connectivity index (χ4v) is 5.18. The number of hydrogen-bond acceptors (Lipinski definition) is 7. The molecule has 0 aromatic rings. The molecule has 1 saturated carbocycles. The second-order valence-corrected chi connectivity index (χ2v) is 9.97. The Morgan fingerprint density at radius 1 is 1.18 bits per heavy atom. The number of thioether (sulfide) groups is 2. The zero-order valence-corrected chi connectivity index (χ0v) is 19.5. The molecule has 0 aromatic heterocycles. The van der Waals surface area contributed by atoms with Gasteiger partial charge in [0.05, 0.1) is 5.57 Å². The van der Waals surface area contributed by atoms with Crippen LogP contribution in [-0.2, 0) is 19.2 Å². The second kappa shape index (κ2) is 15.5. The van der Waals surface area contributed by atoms with Gasteiger partial charge in [-0.2, -0.15) is 29.0 Å². The number of ketones is 2. The van der Waals surface area contributed by atoms with Gasteiger partial charge >= 0.3 is 0 Å². The molecule has 1 N–H and O–H groups in total. The van der Waals surface area contributed by atoms with Crippen LogP contribution < -0.4 is 5.48 Å². The number of allylic oxidation sites excluding steroid dienone is 2. The number of unbranched alkanes of at least 4 members (excludes halogenated alkanes) is 1. The van der Waals surface area contributed by atoms with Crippen LogP contribution in [0.5, 0.6) is 0 Å². The Morgan fingerprint density at radius 3 is 2.54 bits per heavy atom. The van der Waals surface area contributed by atoms with E-state index in [0.717, 1.165) is 24.3 Å². The third-order valence-corrected chi connectivity index (χ3v) is 6.89. The van der Waals surface area contributed by atoms with Crippen molar-refractivity contribution < 1.29 is 19.2 Å². The summed E-state index contributed by atoms with van der Waals surface area (Å²) in [5.41, 5.74) is 3.27. The maximum Gasteiger partial charge on any atom is 0.174 e. The lowest BCUT2D eigenvalue weighted by Gasteiger charge is -2.24. The van der Waals surface area contributed by atoms with Gasteiger partial charge < -0.3 is 4.74 Å². The summed E-state index contributed by atoms with van der Waals surface area (Å²) in [7, 11) is 0. The van der Waals surface area contributed by atoms with Crippen LogP contribution in [0.3, 0.4) is 0 Å². The first-order valence-electron chi connectivity index (χ1n) is 10.4. The van der Waals surface area contributed by atoms with Gasteiger partial charge in [-0.25, -0.2) is 0 Å². The minimum absolute atomic E-state index is 0.0224. The number of carbonyl (C=O) groups is 2. The van der Waals surface area contributed by atoms with E-state index in [9.17, 15) is 9.59 Å². The SMILES string of the molecule is CCOC(C)ONCCCC=C1C(=O)CC(CC(C)SCCSCC)CC1=O. The molecule has 1 rings (SSSR count). The molecule has 1 aliphatic carbocycles. The third kappa shape index (κ3) is 11.0. The maximum absolute atomic E-state index is 12.4. The van der Waals surface area contributed by atoms with Crippen LogP contribution in [0.15, 0.2) is 11.6 Å². The van der Waals surface area contributed by atoms with Gasteiger partial charge in [-0.15, -0.1) is 0 Å². The van der Waals surface area contributed by atoms with E-state index >= 15 is 0 Å². The molecule has 2 atom stereocenters. The molecule has 0 aliphatic heterocycles. The van der Waals surface area contributed by atoms with Crippen molar-refractivity contribution in [2.45, 2.75) is 71.3 Å². The standard InChI is InChI=1S/C21H37NO4S2/c1-5-25-17(4)26-22-10-8-7-9-19-20(23)14-18(15-21(19)24)13-16(3)28-12-11-27-6-2/h9,16-18,22H,5-8,10-15H2,1-4H3. The summed E-state index contributed by atoms with van der Waals surface area (Å²) >= 11 is 3.91. The van der Waals surface area contributed by atoms with Crippen LogP contribution in [0.4, 0.5) is 0 Å². The monoisotopic (exact) mass is 431 g/mol. The molecule has 28 heavy (non-hydrogen) atoms. The van der Waals surface area contributed by atoms with Crippen molar-refractivity contribution in [3.63, 3.8) is 0 Å². The van der Waals surface area contributed by atoms with Crippen LogP contribution in [-0.4, -0.2) is 53.5 Å². The van der Waals surface area contributed by atoms with Crippen LogP contribution in [0.2, 0.25) is 0 Å². The van der Waals surface area contributed by atoms with Crippen molar-refractivity contribution in [1.29, 1.82) is 0 Å². The zero-order valence-electron chi connectivity index (χ0n) is 17.8. The number of ether oxygens (including phenoxy) is 1. The van der Waals surface area contributed by atoms with Crippen molar-refractivity contribution in [1.82, 2.24) is 5.48 Å². The minimum Gasteiger partial charge on any atom is -0.351 e. The van der Waals surface area contributed by atoms with Gasteiger partial charge in [0.15, 0.2) is 17.9 Å². The van der Waals surface area contributed by atoms with E-state index in [2.05, 4.69) is 19.3 Å². The topological polar surface area (TPSA) is 64.6 Å². The van der Waals surface area contributed by atoms with Crippen LogP contribution in [0, 0.1) is 5.92 Å². The normalized spacial score (nSPS) is 19.7. The molecule has 1 fully saturated rings. The van der Waals surface area contributed by atoms with Gasteiger partial charge in [0.1, 0.15) is 0 Å². The van der Waals surface area contributed by atoms with Crippen LogP contribution >= 0.6 is 23.5 Å². The number of hydrogen-bond donors (Lipinski definition) is 1. The average Bonchev–Trinajstić information content (AvgIpc) is 2.63. The lowest BCUT2D eigenvalue weighted by Crippen LogP contribution is -2.27. The Labute approximate surface area is 179 Å². The first-order chi connectivity index (χ1) is 13.5. The summed E-state index contributed by atoms with van der Waals surface area (Å²) in [5.74, 6) is 3.72. The Kier molecular flexibility index (Phi) is 14.2. The highest BCUT2D eigenvalue weighted by Gasteiger charge is 2.30. The van der Waals surface area contributed by atoms with E-state index in [1.54, 1.807) is 0 Å². The van der Waals surface area contributed by atoms with Gasteiger partial charge in [-0.1, -0.05) is 19.9 Å². The number of Topliss-reactive ketones (excluding diaryl/α,β-unsaturated/α-hetero) is 2. The molecule has 0 saturated heterocycles. The molecule has 0 bridgehead atoms. The summed E-state index contributed by atoms with van der Waals surface area (Å²) in [5, 5.41) is 0.499. The molecule has 1 aliphatic rings. The average molecular weight is 432 g/mol. The largest absolute Gasteiger partial charge is 0.351 e.